The zero-order chi connectivity index (χ0) is 15.0. The van der Waals surface area contributed by atoms with Gasteiger partial charge in [-0.25, -0.2) is 0 Å². The van der Waals surface area contributed by atoms with Crippen molar-refractivity contribution in [1.82, 2.24) is 0 Å². The highest BCUT2D eigenvalue weighted by Gasteiger charge is 2.25. The molecule has 0 saturated carbocycles. The minimum atomic E-state index is 0.219. The zero-order valence-electron chi connectivity index (χ0n) is 12.6. The van der Waals surface area contributed by atoms with Crippen molar-refractivity contribution >= 4 is 17.3 Å². The van der Waals surface area contributed by atoms with E-state index < -0.39 is 0 Å². The number of fused-ring (bicyclic) bond motifs is 1. The minimum absolute atomic E-state index is 0.219. The molecule has 2 nitrogen and oxygen atoms in total. The maximum absolute atomic E-state index is 6.15. The van der Waals surface area contributed by atoms with Crippen LogP contribution in [0.15, 0.2) is 36.4 Å². The number of halogens is 1. The molecule has 1 heterocycles. The lowest BCUT2D eigenvalue weighted by Gasteiger charge is -2.16. The molecule has 0 aliphatic carbocycles. The van der Waals surface area contributed by atoms with Gasteiger partial charge in [-0.05, 0) is 47.7 Å². The second-order valence-corrected chi connectivity index (χ2v) is 6.30. The van der Waals surface area contributed by atoms with Crippen molar-refractivity contribution in [3.05, 3.63) is 58.1 Å². The summed E-state index contributed by atoms with van der Waals surface area (Å²) in [5.41, 5.74) is 5.08. The maximum Gasteiger partial charge on any atom is 0.124 e. The van der Waals surface area contributed by atoms with Gasteiger partial charge in [0.2, 0.25) is 0 Å². The Balaban J connectivity index is 1.92. The van der Waals surface area contributed by atoms with Crippen LogP contribution in [0, 0.1) is 0 Å². The standard InChI is InChI=1S/C18H20ClNO/c1-11(2)12-4-6-16-13(8-12)9-17(20-16)15-10-14(19)5-7-18(15)21-3/h4-8,10-11,17,20H,9H2,1-3H3. The summed E-state index contributed by atoms with van der Waals surface area (Å²) in [6.45, 7) is 4.45. The molecule has 0 spiro atoms. The Morgan fingerprint density at radius 1 is 1.19 bits per heavy atom. The normalized spacial score (nSPS) is 16.7. The number of methoxy groups -OCH3 is 1. The van der Waals surface area contributed by atoms with Gasteiger partial charge in [0, 0.05) is 16.3 Å². The molecular weight excluding hydrogens is 282 g/mol. The van der Waals surface area contributed by atoms with Gasteiger partial charge in [0.15, 0.2) is 0 Å². The Morgan fingerprint density at radius 2 is 2.00 bits per heavy atom. The Kier molecular flexibility index (Phi) is 3.81. The van der Waals surface area contributed by atoms with Crippen LogP contribution in [0.1, 0.15) is 42.5 Å². The highest BCUT2D eigenvalue weighted by Crippen LogP contribution is 2.39. The third-order valence-corrected chi connectivity index (χ3v) is 4.35. The maximum atomic E-state index is 6.15. The number of anilines is 1. The Hall–Kier alpha value is -1.67. The van der Waals surface area contributed by atoms with Crippen LogP contribution in [0.2, 0.25) is 5.02 Å². The van der Waals surface area contributed by atoms with Crippen molar-refractivity contribution in [2.24, 2.45) is 0 Å². The molecule has 0 aromatic heterocycles. The van der Waals surface area contributed by atoms with E-state index in [1.165, 1.54) is 16.8 Å². The molecular formula is C18H20ClNO. The fourth-order valence-corrected chi connectivity index (χ4v) is 3.09. The number of rotatable bonds is 3. The van der Waals surface area contributed by atoms with Crippen molar-refractivity contribution in [3.63, 3.8) is 0 Å². The third-order valence-electron chi connectivity index (χ3n) is 4.12. The first kappa shape index (κ1) is 14.3. The van der Waals surface area contributed by atoms with Crippen molar-refractivity contribution in [2.45, 2.75) is 32.2 Å². The Morgan fingerprint density at radius 3 is 2.71 bits per heavy atom. The van der Waals surface area contributed by atoms with Crippen molar-refractivity contribution in [3.8, 4) is 5.75 Å². The van der Waals surface area contributed by atoms with E-state index in [4.69, 9.17) is 16.3 Å². The predicted octanol–water partition coefficient (Wildman–Crippen LogP) is 5.18. The number of hydrogen-bond donors (Lipinski definition) is 1. The summed E-state index contributed by atoms with van der Waals surface area (Å²) in [5, 5.41) is 4.32. The molecule has 1 aliphatic heterocycles. The lowest BCUT2D eigenvalue weighted by atomic mass is 9.97. The monoisotopic (exact) mass is 301 g/mol. The summed E-state index contributed by atoms with van der Waals surface area (Å²) in [6, 6.07) is 12.7. The lowest BCUT2D eigenvalue weighted by molar-refractivity contribution is 0.407. The van der Waals surface area contributed by atoms with E-state index in [-0.39, 0.29) is 6.04 Å². The summed E-state index contributed by atoms with van der Waals surface area (Å²) in [5.74, 6) is 1.43. The molecule has 1 unspecified atom stereocenters. The molecule has 3 heteroatoms. The van der Waals surface area contributed by atoms with Gasteiger partial charge in [-0.3, -0.25) is 0 Å². The average Bonchev–Trinajstić information content (AvgIpc) is 2.89. The van der Waals surface area contributed by atoms with Crippen LogP contribution in [0.25, 0.3) is 0 Å². The van der Waals surface area contributed by atoms with Crippen LogP contribution in [0.3, 0.4) is 0 Å². The number of nitrogens with one attached hydrogen (secondary N) is 1. The molecule has 0 bridgehead atoms. The zero-order valence-corrected chi connectivity index (χ0v) is 13.4. The van der Waals surface area contributed by atoms with Gasteiger partial charge >= 0.3 is 0 Å². The quantitative estimate of drug-likeness (QED) is 0.843. The van der Waals surface area contributed by atoms with E-state index in [0.29, 0.717) is 5.92 Å². The fraction of sp³-hybridized carbons (Fsp3) is 0.333. The molecule has 0 amide bonds. The molecule has 2 aromatic carbocycles. The number of benzene rings is 2. The second-order valence-electron chi connectivity index (χ2n) is 5.86. The van der Waals surface area contributed by atoms with Gasteiger partial charge in [0.1, 0.15) is 5.75 Å². The largest absolute Gasteiger partial charge is 0.496 e. The Bertz CT molecular complexity index is 666. The van der Waals surface area contributed by atoms with Crippen molar-refractivity contribution < 1.29 is 4.74 Å². The van der Waals surface area contributed by atoms with Crippen LogP contribution in [0.4, 0.5) is 5.69 Å². The van der Waals surface area contributed by atoms with Crippen molar-refractivity contribution in [1.29, 1.82) is 0 Å². The molecule has 21 heavy (non-hydrogen) atoms. The molecule has 0 fully saturated rings. The molecule has 1 N–H and O–H groups in total. The van der Waals surface area contributed by atoms with Crippen LogP contribution < -0.4 is 10.1 Å². The van der Waals surface area contributed by atoms with Gasteiger partial charge in [-0.1, -0.05) is 37.6 Å². The summed E-state index contributed by atoms with van der Waals surface area (Å²) in [6.07, 6.45) is 0.965. The van der Waals surface area contributed by atoms with Crippen LogP contribution in [-0.4, -0.2) is 7.11 Å². The molecule has 0 radical (unpaired) electrons. The van der Waals surface area contributed by atoms with Gasteiger partial charge in [-0.15, -0.1) is 0 Å². The molecule has 0 saturated heterocycles. The van der Waals surface area contributed by atoms with Gasteiger partial charge in [-0.2, -0.15) is 0 Å². The topological polar surface area (TPSA) is 21.3 Å². The second kappa shape index (κ2) is 5.61. The van der Waals surface area contributed by atoms with E-state index in [0.717, 1.165) is 22.8 Å². The van der Waals surface area contributed by atoms with Gasteiger partial charge in [0.05, 0.1) is 13.2 Å². The lowest BCUT2D eigenvalue weighted by Crippen LogP contribution is -2.07. The highest BCUT2D eigenvalue weighted by molar-refractivity contribution is 6.30. The average molecular weight is 302 g/mol. The molecule has 110 valence electrons. The third kappa shape index (κ3) is 2.73. The van der Waals surface area contributed by atoms with Gasteiger partial charge in [0.25, 0.3) is 0 Å². The summed E-state index contributed by atoms with van der Waals surface area (Å²) in [7, 11) is 1.70. The van der Waals surface area contributed by atoms with E-state index in [1.807, 2.05) is 18.2 Å². The number of hydrogen-bond acceptors (Lipinski definition) is 2. The van der Waals surface area contributed by atoms with E-state index in [9.17, 15) is 0 Å². The molecule has 1 aliphatic rings. The Labute approximate surface area is 131 Å². The smallest absolute Gasteiger partial charge is 0.124 e. The fourth-order valence-electron chi connectivity index (χ4n) is 2.91. The molecule has 1 atom stereocenters. The highest BCUT2D eigenvalue weighted by atomic mass is 35.5. The van der Waals surface area contributed by atoms with Crippen LogP contribution >= 0.6 is 11.6 Å². The van der Waals surface area contributed by atoms with Crippen LogP contribution in [0.5, 0.6) is 5.75 Å². The van der Waals surface area contributed by atoms with E-state index in [2.05, 4.69) is 37.4 Å². The van der Waals surface area contributed by atoms with E-state index in [1.54, 1.807) is 7.11 Å². The molecule has 3 rings (SSSR count). The SMILES string of the molecule is COc1ccc(Cl)cc1C1Cc2cc(C(C)C)ccc2N1. The van der Waals surface area contributed by atoms with Crippen molar-refractivity contribution in [2.75, 3.05) is 12.4 Å². The summed E-state index contributed by atoms with van der Waals surface area (Å²) < 4.78 is 5.47. The van der Waals surface area contributed by atoms with Crippen LogP contribution in [-0.2, 0) is 6.42 Å². The molecule has 2 aromatic rings. The predicted molar refractivity (Wildman–Crippen MR) is 88.6 cm³/mol. The minimum Gasteiger partial charge on any atom is -0.496 e. The first-order chi connectivity index (χ1) is 10.1. The first-order valence-corrected chi connectivity index (χ1v) is 7.69. The number of ether oxygens (including phenoxy) is 1. The van der Waals surface area contributed by atoms with E-state index >= 15 is 0 Å². The van der Waals surface area contributed by atoms with Gasteiger partial charge < -0.3 is 10.1 Å². The summed E-state index contributed by atoms with van der Waals surface area (Å²) in [4.78, 5) is 0. The summed E-state index contributed by atoms with van der Waals surface area (Å²) >= 11 is 6.15. The first-order valence-electron chi connectivity index (χ1n) is 7.31.